The second-order valence-corrected chi connectivity index (χ2v) is 7.49. The van der Waals surface area contributed by atoms with Crippen molar-refractivity contribution in [2.75, 3.05) is 0 Å². The SMILES string of the molecule is CC(C)[C@H](OC(=O)[C@H](C)Oc1ccc(C(C)(C)C)cc1)C(=O)NC(N)=O. The quantitative estimate of drug-likeness (QED) is 0.754. The molecule has 0 bridgehead atoms. The Morgan fingerprint density at radius 2 is 1.58 bits per heavy atom. The van der Waals surface area contributed by atoms with Gasteiger partial charge < -0.3 is 15.2 Å². The molecule has 0 heterocycles. The maximum absolute atomic E-state index is 12.2. The molecule has 2 atom stereocenters. The molecule has 1 rings (SSSR count). The fourth-order valence-electron chi connectivity index (χ4n) is 2.19. The first-order chi connectivity index (χ1) is 11.9. The summed E-state index contributed by atoms with van der Waals surface area (Å²) in [6.45, 7) is 11.2. The topological polar surface area (TPSA) is 108 Å². The largest absolute Gasteiger partial charge is 0.479 e. The highest BCUT2D eigenvalue weighted by Gasteiger charge is 2.30. The van der Waals surface area contributed by atoms with Gasteiger partial charge in [-0.2, -0.15) is 0 Å². The Labute approximate surface area is 154 Å². The van der Waals surface area contributed by atoms with Gasteiger partial charge in [0.05, 0.1) is 0 Å². The number of hydrogen-bond acceptors (Lipinski definition) is 5. The van der Waals surface area contributed by atoms with Crippen LogP contribution in [0.5, 0.6) is 5.75 Å². The normalized spacial score (nSPS) is 13.7. The van der Waals surface area contributed by atoms with E-state index in [1.165, 1.54) is 6.92 Å². The average Bonchev–Trinajstić information content (AvgIpc) is 2.50. The third-order valence-electron chi connectivity index (χ3n) is 3.72. The van der Waals surface area contributed by atoms with Crippen LogP contribution in [-0.4, -0.2) is 30.1 Å². The molecular formula is C19H28N2O5. The number of nitrogens with two attached hydrogens (primary N) is 1. The summed E-state index contributed by atoms with van der Waals surface area (Å²) in [5.41, 5.74) is 6.09. The molecule has 0 aromatic heterocycles. The van der Waals surface area contributed by atoms with Gasteiger partial charge in [0.25, 0.3) is 5.91 Å². The van der Waals surface area contributed by atoms with Gasteiger partial charge in [0, 0.05) is 0 Å². The number of nitrogens with one attached hydrogen (secondary N) is 1. The molecule has 0 radical (unpaired) electrons. The number of carbonyl (C=O) groups is 3. The summed E-state index contributed by atoms with van der Waals surface area (Å²) in [4.78, 5) is 35.0. The van der Waals surface area contributed by atoms with Crippen LogP contribution in [0.4, 0.5) is 4.79 Å². The Bertz CT molecular complexity index is 647. The van der Waals surface area contributed by atoms with E-state index in [4.69, 9.17) is 15.2 Å². The van der Waals surface area contributed by atoms with Crippen molar-refractivity contribution in [1.82, 2.24) is 5.32 Å². The predicted octanol–water partition coefficient (Wildman–Crippen LogP) is 2.51. The summed E-state index contributed by atoms with van der Waals surface area (Å²) in [5.74, 6) is -1.28. The maximum atomic E-state index is 12.2. The summed E-state index contributed by atoms with van der Waals surface area (Å²) in [7, 11) is 0. The lowest BCUT2D eigenvalue weighted by atomic mass is 9.87. The summed E-state index contributed by atoms with van der Waals surface area (Å²) in [5, 5.41) is 1.92. The lowest BCUT2D eigenvalue weighted by Gasteiger charge is -2.23. The van der Waals surface area contributed by atoms with Crippen molar-refractivity contribution in [1.29, 1.82) is 0 Å². The molecule has 0 aliphatic rings. The van der Waals surface area contributed by atoms with Crippen LogP contribution >= 0.6 is 0 Å². The number of rotatable bonds is 6. The van der Waals surface area contributed by atoms with Crippen LogP contribution in [0, 0.1) is 5.92 Å². The number of primary amides is 1. The third kappa shape index (κ3) is 6.38. The van der Waals surface area contributed by atoms with Gasteiger partial charge in [-0.3, -0.25) is 10.1 Å². The smallest absolute Gasteiger partial charge is 0.347 e. The number of carbonyl (C=O) groups excluding carboxylic acids is 3. The van der Waals surface area contributed by atoms with Crippen molar-refractivity contribution in [2.45, 2.75) is 59.2 Å². The summed E-state index contributed by atoms with van der Waals surface area (Å²) >= 11 is 0. The molecule has 7 nitrogen and oxygen atoms in total. The minimum atomic E-state index is -1.13. The fraction of sp³-hybridized carbons (Fsp3) is 0.526. The standard InChI is InChI=1S/C19H28N2O5/c1-11(2)15(16(22)21-18(20)24)26-17(23)12(3)25-14-9-7-13(8-10-14)19(4,5)6/h7-12,15H,1-6H3,(H3,20,21,22,24)/t12-,15-/m0/s1. The zero-order valence-electron chi connectivity index (χ0n) is 16.2. The van der Waals surface area contributed by atoms with E-state index in [1.807, 2.05) is 17.4 Å². The van der Waals surface area contributed by atoms with Gasteiger partial charge in [-0.1, -0.05) is 46.8 Å². The van der Waals surface area contributed by atoms with E-state index in [9.17, 15) is 14.4 Å². The highest BCUT2D eigenvalue weighted by Crippen LogP contribution is 2.24. The highest BCUT2D eigenvalue weighted by atomic mass is 16.6. The molecule has 3 N–H and O–H groups in total. The minimum absolute atomic E-state index is 0.0152. The van der Waals surface area contributed by atoms with E-state index >= 15 is 0 Å². The zero-order valence-corrected chi connectivity index (χ0v) is 16.2. The van der Waals surface area contributed by atoms with Crippen molar-refractivity contribution < 1.29 is 23.9 Å². The molecule has 0 saturated heterocycles. The van der Waals surface area contributed by atoms with Crippen LogP contribution < -0.4 is 15.8 Å². The Balaban J connectivity index is 2.73. The van der Waals surface area contributed by atoms with Gasteiger partial charge in [-0.15, -0.1) is 0 Å². The Morgan fingerprint density at radius 1 is 1.04 bits per heavy atom. The van der Waals surface area contributed by atoms with E-state index in [0.29, 0.717) is 5.75 Å². The first-order valence-corrected chi connectivity index (χ1v) is 8.49. The predicted molar refractivity (Wildman–Crippen MR) is 97.7 cm³/mol. The molecule has 26 heavy (non-hydrogen) atoms. The Kier molecular flexibility index (Phi) is 7.18. The maximum Gasteiger partial charge on any atom is 0.347 e. The molecule has 0 fully saturated rings. The number of amides is 3. The van der Waals surface area contributed by atoms with Crippen molar-refractivity contribution in [2.24, 2.45) is 11.7 Å². The molecule has 1 aromatic rings. The van der Waals surface area contributed by atoms with Crippen molar-refractivity contribution in [3.05, 3.63) is 29.8 Å². The average molecular weight is 364 g/mol. The third-order valence-corrected chi connectivity index (χ3v) is 3.72. The van der Waals surface area contributed by atoms with Crippen molar-refractivity contribution in [3.63, 3.8) is 0 Å². The molecule has 0 saturated carbocycles. The van der Waals surface area contributed by atoms with Gasteiger partial charge in [-0.25, -0.2) is 9.59 Å². The highest BCUT2D eigenvalue weighted by molar-refractivity contribution is 5.96. The molecular weight excluding hydrogens is 336 g/mol. The van der Waals surface area contributed by atoms with E-state index in [-0.39, 0.29) is 11.3 Å². The molecule has 0 aliphatic heterocycles. The number of imide groups is 1. The number of urea groups is 1. The van der Waals surface area contributed by atoms with E-state index in [1.54, 1.807) is 26.0 Å². The molecule has 1 aromatic carbocycles. The van der Waals surface area contributed by atoms with Crippen LogP contribution in [0.2, 0.25) is 0 Å². The van der Waals surface area contributed by atoms with Crippen LogP contribution in [0.25, 0.3) is 0 Å². The minimum Gasteiger partial charge on any atom is -0.479 e. The number of hydrogen-bond donors (Lipinski definition) is 2. The zero-order chi connectivity index (χ0) is 20.1. The first kappa shape index (κ1) is 21.5. The van der Waals surface area contributed by atoms with Crippen molar-refractivity contribution >= 4 is 17.9 Å². The van der Waals surface area contributed by atoms with Crippen LogP contribution in [-0.2, 0) is 19.7 Å². The number of esters is 1. The molecule has 3 amide bonds. The van der Waals surface area contributed by atoms with Gasteiger partial charge in [0.1, 0.15) is 5.75 Å². The molecule has 0 aliphatic carbocycles. The van der Waals surface area contributed by atoms with E-state index < -0.39 is 30.1 Å². The summed E-state index contributed by atoms with van der Waals surface area (Å²) in [6, 6.07) is 6.43. The van der Waals surface area contributed by atoms with Crippen LogP contribution in [0.15, 0.2) is 24.3 Å². The number of benzene rings is 1. The van der Waals surface area contributed by atoms with Gasteiger partial charge in [-0.05, 0) is 36.0 Å². The summed E-state index contributed by atoms with van der Waals surface area (Å²) in [6.07, 6.45) is -2.05. The lowest BCUT2D eigenvalue weighted by Crippen LogP contribution is -2.46. The number of ether oxygens (including phenoxy) is 2. The van der Waals surface area contributed by atoms with Crippen LogP contribution in [0.1, 0.15) is 47.1 Å². The lowest BCUT2D eigenvalue weighted by molar-refractivity contribution is -0.164. The van der Waals surface area contributed by atoms with Gasteiger partial charge in [0.2, 0.25) is 0 Å². The summed E-state index contributed by atoms with van der Waals surface area (Å²) < 4.78 is 10.8. The first-order valence-electron chi connectivity index (χ1n) is 8.49. The Morgan fingerprint density at radius 3 is 2.00 bits per heavy atom. The van der Waals surface area contributed by atoms with Crippen molar-refractivity contribution in [3.8, 4) is 5.75 Å². The molecule has 7 heteroatoms. The molecule has 144 valence electrons. The molecule has 0 spiro atoms. The monoisotopic (exact) mass is 364 g/mol. The van der Waals surface area contributed by atoms with Crippen LogP contribution in [0.3, 0.4) is 0 Å². The Hall–Kier alpha value is -2.57. The van der Waals surface area contributed by atoms with E-state index in [2.05, 4.69) is 20.8 Å². The van der Waals surface area contributed by atoms with Gasteiger partial charge >= 0.3 is 12.0 Å². The van der Waals surface area contributed by atoms with E-state index in [0.717, 1.165) is 5.56 Å². The second kappa shape index (κ2) is 8.69. The molecule has 0 unspecified atom stereocenters. The second-order valence-electron chi connectivity index (χ2n) is 7.49. The van der Waals surface area contributed by atoms with Gasteiger partial charge in [0.15, 0.2) is 12.2 Å². The fourth-order valence-corrected chi connectivity index (χ4v) is 2.19.